The van der Waals surface area contributed by atoms with Gasteiger partial charge in [0.25, 0.3) is 0 Å². The molecule has 0 aliphatic carbocycles. The second-order valence-electron chi connectivity index (χ2n) is 8.45. The van der Waals surface area contributed by atoms with Gasteiger partial charge in [-0.25, -0.2) is 4.79 Å². The molecule has 2 aliphatic rings. The topological polar surface area (TPSA) is 56.7 Å². The molecule has 1 atom stereocenters. The Labute approximate surface area is 144 Å². The Balaban J connectivity index is 1.76. The third kappa shape index (κ3) is 3.21. The minimum absolute atomic E-state index is 0.118. The molecule has 1 amide bonds. The van der Waals surface area contributed by atoms with Crippen molar-refractivity contribution in [3.63, 3.8) is 0 Å². The van der Waals surface area contributed by atoms with Crippen molar-refractivity contribution in [3.8, 4) is 0 Å². The number of amides is 1. The normalized spacial score (nSPS) is 24.2. The lowest BCUT2D eigenvalue weighted by Gasteiger charge is -2.55. The van der Waals surface area contributed by atoms with E-state index in [1.54, 1.807) is 4.90 Å². The van der Waals surface area contributed by atoms with E-state index in [0.29, 0.717) is 19.0 Å². The molecule has 2 saturated heterocycles. The summed E-state index contributed by atoms with van der Waals surface area (Å²) in [4.78, 5) is 19.6. The van der Waals surface area contributed by atoms with Crippen molar-refractivity contribution in [2.24, 2.45) is 16.7 Å². The molecule has 1 N–H and O–H groups in total. The Morgan fingerprint density at radius 1 is 1.17 bits per heavy atom. The minimum Gasteiger partial charge on any atom is -0.465 e. The van der Waals surface area contributed by atoms with Crippen molar-refractivity contribution in [1.82, 2.24) is 9.88 Å². The molecular formula is C19H29N3O2. The minimum atomic E-state index is -0.770. The molecule has 24 heavy (non-hydrogen) atoms. The Morgan fingerprint density at radius 2 is 1.75 bits per heavy atom. The lowest BCUT2D eigenvalue weighted by molar-refractivity contribution is -0.0373. The molecule has 1 unspecified atom stereocenters. The molecule has 1 aromatic heterocycles. The Kier molecular flexibility index (Phi) is 4.45. The van der Waals surface area contributed by atoms with Crippen LogP contribution in [0.3, 0.4) is 0 Å². The summed E-state index contributed by atoms with van der Waals surface area (Å²) in [7, 11) is 0. The van der Waals surface area contributed by atoms with Gasteiger partial charge in [-0.2, -0.15) is 0 Å². The summed E-state index contributed by atoms with van der Waals surface area (Å²) in [6, 6.07) is 4.15. The summed E-state index contributed by atoms with van der Waals surface area (Å²) < 4.78 is 0. The SMILES string of the molecule is CC(C)(C)C1CN(C(=O)O)CCC12CCN(c1ccncc1)CC2. The summed E-state index contributed by atoms with van der Waals surface area (Å²) in [5.41, 5.74) is 1.64. The van der Waals surface area contributed by atoms with Crippen LogP contribution in [0, 0.1) is 16.7 Å². The van der Waals surface area contributed by atoms with E-state index in [9.17, 15) is 9.90 Å². The number of rotatable bonds is 1. The molecular weight excluding hydrogens is 302 g/mol. The van der Waals surface area contributed by atoms with E-state index >= 15 is 0 Å². The fraction of sp³-hybridized carbons (Fsp3) is 0.684. The zero-order valence-corrected chi connectivity index (χ0v) is 15.0. The number of piperidine rings is 2. The standard InChI is InChI=1S/C19H29N3O2/c1-18(2,3)16-14-22(17(23)24)13-8-19(16)6-11-21(12-7-19)15-4-9-20-10-5-15/h4-5,9-10,16H,6-8,11-14H2,1-3H3,(H,23,24). The average Bonchev–Trinajstić information content (AvgIpc) is 2.55. The van der Waals surface area contributed by atoms with E-state index in [4.69, 9.17) is 0 Å². The number of carbonyl (C=O) groups is 1. The molecule has 5 heteroatoms. The van der Waals surface area contributed by atoms with Gasteiger partial charge in [-0.3, -0.25) is 4.98 Å². The van der Waals surface area contributed by atoms with E-state index in [2.05, 4.69) is 42.8 Å². The highest BCUT2D eigenvalue weighted by Crippen LogP contribution is 2.52. The number of anilines is 1. The molecule has 0 saturated carbocycles. The second-order valence-corrected chi connectivity index (χ2v) is 8.45. The van der Waals surface area contributed by atoms with Crippen molar-refractivity contribution in [1.29, 1.82) is 0 Å². The first-order valence-electron chi connectivity index (χ1n) is 8.95. The maximum absolute atomic E-state index is 11.4. The number of hydrogen-bond acceptors (Lipinski definition) is 3. The summed E-state index contributed by atoms with van der Waals surface area (Å²) in [6.45, 7) is 10.2. The van der Waals surface area contributed by atoms with Gasteiger partial charge in [-0.1, -0.05) is 20.8 Å². The van der Waals surface area contributed by atoms with Crippen molar-refractivity contribution in [2.45, 2.75) is 40.0 Å². The second kappa shape index (κ2) is 6.26. The number of likely N-dealkylation sites (tertiary alicyclic amines) is 1. The molecule has 1 spiro atoms. The first-order valence-corrected chi connectivity index (χ1v) is 8.95. The van der Waals surface area contributed by atoms with Gasteiger partial charge in [-0.05, 0) is 48.1 Å². The maximum Gasteiger partial charge on any atom is 0.407 e. The fourth-order valence-electron chi connectivity index (χ4n) is 4.77. The van der Waals surface area contributed by atoms with Crippen LogP contribution in [0.1, 0.15) is 40.0 Å². The van der Waals surface area contributed by atoms with Crippen LogP contribution in [0.4, 0.5) is 10.5 Å². The van der Waals surface area contributed by atoms with Crippen molar-refractivity contribution >= 4 is 11.8 Å². The van der Waals surface area contributed by atoms with Gasteiger partial charge in [0.2, 0.25) is 0 Å². The third-order valence-electron chi connectivity index (χ3n) is 6.12. The summed E-state index contributed by atoms with van der Waals surface area (Å²) in [5, 5.41) is 9.41. The molecule has 2 fully saturated rings. The van der Waals surface area contributed by atoms with E-state index < -0.39 is 6.09 Å². The molecule has 5 nitrogen and oxygen atoms in total. The number of aromatic nitrogens is 1. The van der Waals surface area contributed by atoms with Gasteiger partial charge in [0, 0.05) is 44.3 Å². The van der Waals surface area contributed by atoms with Gasteiger partial charge >= 0.3 is 6.09 Å². The first kappa shape index (κ1) is 17.1. The molecule has 132 valence electrons. The first-order chi connectivity index (χ1) is 11.3. The smallest absolute Gasteiger partial charge is 0.407 e. The van der Waals surface area contributed by atoms with Crippen LogP contribution in [0.25, 0.3) is 0 Å². The molecule has 0 aromatic carbocycles. The molecule has 3 rings (SSSR count). The number of nitrogens with zero attached hydrogens (tertiary/aromatic N) is 3. The van der Waals surface area contributed by atoms with Gasteiger partial charge in [0.15, 0.2) is 0 Å². The largest absolute Gasteiger partial charge is 0.465 e. The van der Waals surface area contributed by atoms with E-state index in [1.807, 2.05) is 12.4 Å². The highest BCUT2D eigenvalue weighted by atomic mass is 16.4. The zero-order valence-electron chi connectivity index (χ0n) is 15.0. The summed E-state index contributed by atoms with van der Waals surface area (Å²) in [5.74, 6) is 0.412. The lowest BCUT2D eigenvalue weighted by Crippen LogP contribution is -2.56. The highest BCUT2D eigenvalue weighted by molar-refractivity contribution is 5.65. The summed E-state index contributed by atoms with van der Waals surface area (Å²) in [6.07, 6.45) is 6.21. The van der Waals surface area contributed by atoms with Gasteiger partial charge in [0.1, 0.15) is 0 Å². The highest BCUT2D eigenvalue weighted by Gasteiger charge is 2.49. The van der Waals surface area contributed by atoms with Crippen LogP contribution in [-0.4, -0.2) is 47.3 Å². The van der Waals surface area contributed by atoms with Gasteiger partial charge in [-0.15, -0.1) is 0 Å². The predicted molar refractivity (Wildman–Crippen MR) is 95.3 cm³/mol. The number of pyridine rings is 1. The summed E-state index contributed by atoms with van der Waals surface area (Å²) >= 11 is 0. The number of carboxylic acid groups (broad SMARTS) is 1. The van der Waals surface area contributed by atoms with Crippen molar-refractivity contribution in [3.05, 3.63) is 24.5 Å². The van der Waals surface area contributed by atoms with Crippen LogP contribution in [0.15, 0.2) is 24.5 Å². The lowest BCUT2D eigenvalue weighted by atomic mass is 9.57. The van der Waals surface area contributed by atoms with Crippen LogP contribution < -0.4 is 4.90 Å². The number of hydrogen-bond donors (Lipinski definition) is 1. The van der Waals surface area contributed by atoms with E-state index in [0.717, 1.165) is 32.4 Å². The van der Waals surface area contributed by atoms with Crippen molar-refractivity contribution < 1.29 is 9.90 Å². The van der Waals surface area contributed by atoms with E-state index in [1.165, 1.54) is 5.69 Å². The quantitative estimate of drug-likeness (QED) is 0.852. The molecule has 0 bridgehead atoms. The van der Waals surface area contributed by atoms with Crippen LogP contribution in [0.2, 0.25) is 0 Å². The Bertz CT molecular complexity index is 574. The predicted octanol–water partition coefficient (Wildman–Crippen LogP) is 3.71. The molecule has 2 aliphatic heterocycles. The van der Waals surface area contributed by atoms with Crippen LogP contribution in [0.5, 0.6) is 0 Å². The monoisotopic (exact) mass is 331 g/mol. The zero-order chi connectivity index (χ0) is 17.4. The van der Waals surface area contributed by atoms with Gasteiger partial charge in [0.05, 0.1) is 0 Å². The van der Waals surface area contributed by atoms with Crippen molar-refractivity contribution in [2.75, 3.05) is 31.1 Å². The third-order valence-corrected chi connectivity index (χ3v) is 6.12. The van der Waals surface area contributed by atoms with E-state index in [-0.39, 0.29) is 10.8 Å². The Hall–Kier alpha value is -1.78. The van der Waals surface area contributed by atoms with Crippen LogP contribution >= 0.6 is 0 Å². The molecule has 1 aromatic rings. The Morgan fingerprint density at radius 3 is 2.29 bits per heavy atom. The van der Waals surface area contributed by atoms with Gasteiger partial charge < -0.3 is 14.9 Å². The molecule has 3 heterocycles. The maximum atomic E-state index is 11.4. The average molecular weight is 331 g/mol. The molecule has 0 radical (unpaired) electrons. The van der Waals surface area contributed by atoms with Crippen LogP contribution in [-0.2, 0) is 0 Å². The fourth-order valence-corrected chi connectivity index (χ4v) is 4.77.